The maximum absolute atomic E-state index is 13.5. The van der Waals surface area contributed by atoms with E-state index in [1.54, 1.807) is 6.07 Å². The van der Waals surface area contributed by atoms with Crippen LogP contribution in [0.25, 0.3) is 0 Å². The van der Waals surface area contributed by atoms with Crippen LogP contribution in [0, 0.1) is 0 Å². The van der Waals surface area contributed by atoms with E-state index < -0.39 is 48.8 Å². The molecule has 5 amide bonds. The number of hydrogen-bond donors (Lipinski definition) is 6. The molecule has 210 valence electrons. The van der Waals surface area contributed by atoms with Gasteiger partial charge >= 0.3 is 30.9 Å². The summed E-state index contributed by atoms with van der Waals surface area (Å²) in [7, 11) is -1.64. The number of para-hydroxylation sites is 1. The van der Waals surface area contributed by atoms with Crippen molar-refractivity contribution in [3.8, 4) is 11.5 Å². The Morgan fingerprint density at radius 1 is 1.18 bits per heavy atom. The number of carboxylic acids is 1. The van der Waals surface area contributed by atoms with Crippen molar-refractivity contribution in [1.82, 2.24) is 20.4 Å². The minimum atomic E-state index is -1.64. The van der Waals surface area contributed by atoms with Crippen LogP contribution in [-0.4, -0.2) is 94.0 Å². The van der Waals surface area contributed by atoms with Gasteiger partial charge in [0, 0.05) is 31.7 Å². The molecule has 2 aromatic rings. The predicted molar refractivity (Wildman–Crippen MR) is 139 cm³/mol. The number of phenolic OH excluding ortho intramolecular Hbond substituents is 1. The third-order valence-corrected chi connectivity index (χ3v) is 6.78. The quantitative estimate of drug-likeness (QED) is 0.180. The topological polar surface area (TPSA) is 212 Å². The van der Waals surface area contributed by atoms with Gasteiger partial charge < -0.3 is 41.2 Å². The Morgan fingerprint density at radius 3 is 2.60 bits per heavy atom. The Kier molecular flexibility index (Phi) is 8.47. The van der Waals surface area contributed by atoms with Crippen LogP contribution in [0.1, 0.15) is 27.5 Å². The Balaban J connectivity index is 1.57. The van der Waals surface area contributed by atoms with Crippen LogP contribution in [-0.2, 0) is 20.8 Å². The van der Waals surface area contributed by atoms with Crippen LogP contribution in [0.2, 0.25) is 5.02 Å². The fraction of sp³-hybridized carbons (Fsp3) is 0.292. The number of phenols is 1. The molecule has 40 heavy (non-hydrogen) atoms. The van der Waals surface area contributed by atoms with Crippen molar-refractivity contribution in [3.05, 3.63) is 58.1 Å². The van der Waals surface area contributed by atoms with E-state index in [1.807, 2.05) is 0 Å². The monoisotopic (exact) mass is 573 g/mol. The maximum Gasteiger partial charge on any atom is 0.547 e. The standard InChI is InChI=1S/C24H25BClN5O9/c26-16-11-13(32)4-5-14(16)18(29-24(38)31-9-8-30(7-6-27)21(34)22(31)35)20(33)28-17-10-12-2-1-3-15(23(36)37)19(12)40-25(17)39/h1-5,11,17-18,32,39H,6-10,27H2,(H,28,33)(H,29,38)(H,36,37). The number of carboxylic acid groups (broad SMARTS) is 1. The number of aromatic carboxylic acids is 1. The number of imide groups is 1. The molecule has 7 N–H and O–H groups in total. The minimum Gasteiger partial charge on any atom is -0.534 e. The van der Waals surface area contributed by atoms with Gasteiger partial charge in [-0.25, -0.2) is 9.59 Å². The summed E-state index contributed by atoms with van der Waals surface area (Å²) in [4.78, 5) is 64.9. The number of urea groups is 1. The number of aromatic hydroxyl groups is 1. The van der Waals surface area contributed by atoms with Gasteiger partial charge in [0.25, 0.3) is 0 Å². The van der Waals surface area contributed by atoms with E-state index in [0.717, 1.165) is 6.07 Å². The number of halogens is 1. The largest absolute Gasteiger partial charge is 0.547 e. The molecular weight excluding hydrogens is 549 g/mol. The molecule has 0 aliphatic carbocycles. The fourth-order valence-electron chi connectivity index (χ4n) is 4.46. The predicted octanol–water partition coefficient (Wildman–Crippen LogP) is -0.736. The van der Waals surface area contributed by atoms with E-state index in [9.17, 15) is 39.2 Å². The number of nitrogens with zero attached hydrogens (tertiary/aromatic N) is 2. The second kappa shape index (κ2) is 11.8. The SMILES string of the molecule is NCCN1CCN(C(=O)NC(C(=O)NC2Cc3cccc(C(=O)O)c3OB2O)c2ccc(O)cc2Cl)C(=O)C1=O. The van der Waals surface area contributed by atoms with Crippen LogP contribution >= 0.6 is 11.6 Å². The number of rotatable bonds is 7. The smallest absolute Gasteiger partial charge is 0.534 e. The molecule has 0 aromatic heterocycles. The molecule has 1 saturated heterocycles. The number of fused-ring (bicyclic) bond motifs is 1. The lowest BCUT2D eigenvalue weighted by Crippen LogP contribution is -2.60. The Morgan fingerprint density at radius 2 is 1.93 bits per heavy atom. The second-order valence-corrected chi connectivity index (χ2v) is 9.46. The van der Waals surface area contributed by atoms with Gasteiger partial charge in [0.1, 0.15) is 17.5 Å². The lowest BCUT2D eigenvalue weighted by molar-refractivity contribution is -0.153. The van der Waals surface area contributed by atoms with Crippen LogP contribution in [0.4, 0.5) is 4.79 Å². The first kappa shape index (κ1) is 28.7. The molecule has 0 bridgehead atoms. The van der Waals surface area contributed by atoms with E-state index in [1.165, 1.54) is 29.2 Å². The molecule has 2 heterocycles. The molecule has 2 aliphatic heterocycles. The minimum absolute atomic E-state index is 0.0105. The summed E-state index contributed by atoms with van der Waals surface area (Å²) in [5, 5.41) is 34.6. The third kappa shape index (κ3) is 5.80. The van der Waals surface area contributed by atoms with Crippen molar-refractivity contribution in [2.45, 2.75) is 18.4 Å². The van der Waals surface area contributed by atoms with Crippen molar-refractivity contribution in [3.63, 3.8) is 0 Å². The number of nitrogens with two attached hydrogens (primary N) is 1. The lowest BCUT2D eigenvalue weighted by Gasteiger charge is -2.33. The number of nitrogens with one attached hydrogen (secondary N) is 2. The van der Waals surface area contributed by atoms with Crippen LogP contribution in [0.3, 0.4) is 0 Å². The number of amides is 5. The number of carbonyl (C=O) groups is 5. The molecule has 2 aliphatic rings. The maximum atomic E-state index is 13.5. The summed E-state index contributed by atoms with van der Waals surface area (Å²) in [5.41, 5.74) is 5.76. The number of benzene rings is 2. The highest BCUT2D eigenvalue weighted by molar-refractivity contribution is 6.47. The summed E-state index contributed by atoms with van der Waals surface area (Å²) in [5.74, 6) is -5.45. The molecule has 1 fully saturated rings. The van der Waals surface area contributed by atoms with E-state index in [2.05, 4.69) is 10.6 Å². The van der Waals surface area contributed by atoms with Gasteiger partial charge in [-0.3, -0.25) is 19.3 Å². The van der Waals surface area contributed by atoms with Crippen LogP contribution in [0.5, 0.6) is 11.5 Å². The molecule has 14 nitrogen and oxygen atoms in total. The summed E-state index contributed by atoms with van der Waals surface area (Å²) in [6.45, 7) is 0.171. The summed E-state index contributed by atoms with van der Waals surface area (Å²) < 4.78 is 5.40. The first-order valence-electron chi connectivity index (χ1n) is 12.1. The van der Waals surface area contributed by atoms with E-state index >= 15 is 0 Å². The van der Waals surface area contributed by atoms with Crippen LogP contribution < -0.4 is 21.0 Å². The third-order valence-electron chi connectivity index (χ3n) is 6.46. The fourth-order valence-corrected chi connectivity index (χ4v) is 4.74. The number of piperazine rings is 1. The van der Waals surface area contributed by atoms with Gasteiger partial charge in [-0.15, -0.1) is 0 Å². The van der Waals surface area contributed by atoms with Gasteiger partial charge in [0.05, 0.1) is 16.5 Å². The highest BCUT2D eigenvalue weighted by Gasteiger charge is 2.41. The Labute approximate surface area is 232 Å². The molecular formula is C24H25BClN5O9. The van der Waals surface area contributed by atoms with Crippen molar-refractivity contribution in [2.75, 3.05) is 26.2 Å². The first-order valence-corrected chi connectivity index (χ1v) is 12.5. The van der Waals surface area contributed by atoms with Crippen molar-refractivity contribution in [1.29, 1.82) is 0 Å². The van der Waals surface area contributed by atoms with Gasteiger partial charge in [-0.05, 0) is 30.2 Å². The van der Waals surface area contributed by atoms with Gasteiger partial charge in [-0.1, -0.05) is 29.8 Å². The van der Waals surface area contributed by atoms with Gasteiger partial charge in [-0.2, -0.15) is 0 Å². The highest BCUT2D eigenvalue weighted by Crippen LogP contribution is 2.31. The Hall–Kier alpha value is -4.34. The average Bonchev–Trinajstić information content (AvgIpc) is 2.90. The zero-order valence-electron chi connectivity index (χ0n) is 20.9. The summed E-state index contributed by atoms with van der Waals surface area (Å²) in [6, 6.07) is 5.46. The van der Waals surface area contributed by atoms with Gasteiger partial charge in [0.2, 0.25) is 5.91 Å². The molecule has 0 spiro atoms. The van der Waals surface area contributed by atoms with Gasteiger partial charge in [0.15, 0.2) is 0 Å². The molecule has 2 atom stereocenters. The Bertz CT molecular complexity index is 1380. The normalized spacial score (nSPS) is 17.6. The number of carbonyl (C=O) groups excluding carboxylic acids is 4. The van der Waals surface area contributed by atoms with E-state index in [0.29, 0.717) is 10.5 Å². The van der Waals surface area contributed by atoms with Crippen molar-refractivity contribution in [2.24, 2.45) is 5.73 Å². The zero-order chi connectivity index (χ0) is 29.1. The van der Waals surface area contributed by atoms with Crippen molar-refractivity contribution >= 4 is 48.4 Å². The lowest BCUT2D eigenvalue weighted by atomic mass is 9.72. The molecule has 4 rings (SSSR count). The number of hydrogen-bond acceptors (Lipinski definition) is 9. The first-order chi connectivity index (χ1) is 19.0. The highest BCUT2D eigenvalue weighted by atomic mass is 35.5. The molecule has 0 radical (unpaired) electrons. The van der Waals surface area contributed by atoms with Crippen LogP contribution in [0.15, 0.2) is 36.4 Å². The average molecular weight is 574 g/mol. The molecule has 16 heteroatoms. The molecule has 2 aromatic carbocycles. The second-order valence-electron chi connectivity index (χ2n) is 9.05. The summed E-state index contributed by atoms with van der Waals surface area (Å²) in [6.07, 6.45) is -0.0105. The molecule has 0 saturated carbocycles. The summed E-state index contributed by atoms with van der Waals surface area (Å²) >= 11 is 6.25. The molecule has 2 unspecified atom stereocenters. The van der Waals surface area contributed by atoms with E-state index in [4.69, 9.17) is 22.0 Å². The van der Waals surface area contributed by atoms with E-state index in [-0.39, 0.29) is 60.2 Å². The van der Waals surface area contributed by atoms with Crippen molar-refractivity contribution < 1.29 is 43.9 Å². The zero-order valence-corrected chi connectivity index (χ0v) is 21.6.